The molecule has 0 bridgehead atoms. The van der Waals surface area contributed by atoms with E-state index in [1.54, 1.807) is 0 Å². The van der Waals surface area contributed by atoms with Gasteiger partial charge in [0.2, 0.25) is 11.8 Å². The minimum Gasteiger partial charge on any atom is -0.494 e. The second-order valence-corrected chi connectivity index (χ2v) is 9.78. The minimum atomic E-state index is -0.0757. The monoisotopic (exact) mass is 465 g/mol. The Labute approximate surface area is 199 Å². The van der Waals surface area contributed by atoms with E-state index in [2.05, 4.69) is 48.5 Å². The number of hydrogen-bond acceptors (Lipinski definition) is 5. The minimum absolute atomic E-state index is 0.0553. The van der Waals surface area contributed by atoms with Gasteiger partial charge >= 0.3 is 0 Å². The fraction of sp³-hybridized carbons (Fsp3) is 0.346. The standard InChI is InChI=1S/C26H31N3O3S/c1-18(30)27-16-19-7-9-20(10-8-19)23-17-33-25(28-23)29-24(31)6-5-15-32-22-13-11-21(12-14-22)26(2,3)4/h7-14,17H,5-6,15-16H2,1-4H3,(H,27,30)(H,28,29,31). The number of rotatable bonds is 9. The third kappa shape index (κ3) is 7.71. The van der Waals surface area contributed by atoms with Crippen LogP contribution in [0.15, 0.2) is 53.9 Å². The van der Waals surface area contributed by atoms with Crippen molar-refractivity contribution < 1.29 is 14.3 Å². The lowest BCUT2D eigenvalue weighted by Gasteiger charge is -2.19. The van der Waals surface area contributed by atoms with Crippen LogP contribution >= 0.6 is 11.3 Å². The van der Waals surface area contributed by atoms with Gasteiger partial charge in [0.15, 0.2) is 5.13 Å². The molecule has 0 spiro atoms. The van der Waals surface area contributed by atoms with E-state index in [4.69, 9.17) is 4.74 Å². The molecule has 3 rings (SSSR count). The van der Waals surface area contributed by atoms with Gasteiger partial charge < -0.3 is 15.4 Å². The fourth-order valence-corrected chi connectivity index (χ4v) is 3.88. The molecular formula is C26H31N3O3S. The molecule has 3 aromatic rings. The molecule has 0 saturated carbocycles. The summed E-state index contributed by atoms with van der Waals surface area (Å²) in [5.41, 5.74) is 4.17. The highest BCUT2D eigenvalue weighted by molar-refractivity contribution is 7.14. The number of amides is 2. The number of nitrogens with zero attached hydrogens (tertiary/aromatic N) is 1. The normalized spacial score (nSPS) is 11.2. The second-order valence-electron chi connectivity index (χ2n) is 8.92. The number of carbonyl (C=O) groups is 2. The number of hydrogen-bond donors (Lipinski definition) is 2. The van der Waals surface area contributed by atoms with Gasteiger partial charge in [-0.25, -0.2) is 4.98 Å². The Bertz CT molecular complexity index is 1070. The highest BCUT2D eigenvalue weighted by Gasteiger charge is 2.13. The molecule has 1 heterocycles. The summed E-state index contributed by atoms with van der Waals surface area (Å²) in [5.74, 6) is 0.685. The molecule has 0 aliphatic heterocycles. The van der Waals surface area contributed by atoms with Gasteiger partial charge in [0.25, 0.3) is 0 Å². The van der Waals surface area contributed by atoms with Crippen molar-refractivity contribution in [2.45, 2.75) is 52.5 Å². The van der Waals surface area contributed by atoms with E-state index in [9.17, 15) is 9.59 Å². The molecule has 33 heavy (non-hydrogen) atoms. The van der Waals surface area contributed by atoms with Crippen molar-refractivity contribution >= 4 is 28.3 Å². The Kier molecular flexibility index (Phi) is 8.22. The molecule has 0 radical (unpaired) electrons. The quantitative estimate of drug-likeness (QED) is 0.407. The van der Waals surface area contributed by atoms with Crippen LogP contribution < -0.4 is 15.4 Å². The maximum absolute atomic E-state index is 12.3. The number of aromatic nitrogens is 1. The van der Waals surface area contributed by atoms with Crippen LogP contribution in [0.25, 0.3) is 11.3 Å². The Balaban J connectivity index is 1.42. The van der Waals surface area contributed by atoms with Crippen molar-refractivity contribution in [3.63, 3.8) is 0 Å². The maximum Gasteiger partial charge on any atom is 0.226 e. The first-order chi connectivity index (χ1) is 15.7. The first kappa shape index (κ1) is 24.5. The van der Waals surface area contributed by atoms with Crippen molar-refractivity contribution in [2.75, 3.05) is 11.9 Å². The van der Waals surface area contributed by atoms with Crippen molar-refractivity contribution in [2.24, 2.45) is 0 Å². The zero-order valence-corrected chi connectivity index (χ0v) is 20.4. The van der Waals surface area contributed by atoms with Crippen LogP contribution in [0.1, 0.15) is 51.7 Å². The van der Waals surface area contributed by atoms with Gasteiger partial charge in [-0.2, -0.15) is 0 Å². The average molecular weight is 466 g/mol. The summed E-state index contributed by atoms with van der Waals surface area (Å²) < 4.78 is 5.76. The molecule has 6 nitrogen and oxygen atoms in total. The van der Waals surface area contributed by atoms with Crippen LogP contribution in [-0.4, -0.2) is 23.4 Å². The summed E-state index contributed by atoms with van der Waals surface area (Å²) in [4.78, 5) is 27.8. The van der Waals surface area contributed by atoms with Gasteiger partial charge in [-0.05, 0) is 35.1 Å². The SMILES string of the molecule is CC(=O)NCc1ccc(-c2csc(NC(=O)CCCOc3ccc(C(C)(C)C)cc3)n2)cc1. The molecule has 0 fully saturated rings. The number of carbonyl (C=O) groups excluding carboxylic acids is 2. The lowest BCUT2D eigenvalue weighted by Crippen LogP contribution is -2.18. The average Bonchev–Trinajstić information content (AvgIpc) is 3.23. The van der Waals surface area contributed by atoms with Gasteiger partial charge in [-0.15, -0.1) is 11.3 Å². The molecule has 0 aliphatic rings. The molecule has 2 amide bonds. The van der Waals surface area contributed by atoms with E-state index in [1.807, 2.05) is 41.8 Å². The topological polar surface area (TPSA) is 80.3 Å². The summed E-state index contributed by atoms with van der Waals surface area (Å²) >= 11 is 1.40. The van der Waals surface area contributed by atoms with Crippen LogP contribution in [0.4, 0.5) is 5.13 Å². The highest BCUT2D eigenvalue weighted by Crippen LogP contribution is 2.26. The van der Waals surface area contributed by atoms with Crippen molar-refractivity contribution in [1.82, 2.24) is 10.3 Å². The molecule has 0 unspecified atom stereocenters. The van der Waals surface area contributed by atoms with Gasteiger partial charge in [0.05, 0.1) is 12.3 Å². The van der Waals surface area contributed by atoms with Crippen LogP contribution in [-0.2, 0) is 21.5 Å². The number of ether oxygens (including phenoxy) is 1. The zero-order valence-electron chi connectivity index (χ0n) is 19.6. The molecule has 174 valence electrons. The molecule has 7 heteroatoms. The summed E-state index contributed by atoms with van der Waals surface area (Å²) in [6.07, 6.45) is 0.994. The predicted octanol–water partition coefficient (Wildman–Crippen LogP) is 5.54. The van der Waals surface area contributed by atoms with E-state index >= 15 is 0 Å². The number of anilines is 1. The first-order valence-electron chi connectivity index (χ1n) is 11.0. The summed E-state index contributed by atoms with van der Waals surface area (Å²) in [5, 5.41) is 8.14. The Morgan fingerprint density at radius 2 is 1.73 bits per heavy atom. The molecular weight excluding hydrogens is 434 g/mol. The molecule has 0 aliphatic carbocycles. The Morgan fingerprint density at radius 3 is 2.36 bits per heavy atom. The van der Waals surface area contributed by atoms with Crippen LogP contribution in [0.3, 0.4) is 0 Å². The Hall–Kier alpha value is -3.19. The van der Waals surface area contributed by atoms with Gasteiger partial charge in [-0.3, -0.25) is 9.59 Å². The highest BCUT2D eigenvalue weighted by atomic mass is 32.1. The van der Waals surface area contributed by atoms with Gasteiger partial charge in [0.1, 0.15) is 5.75 Å². The van der Waals surface area contributed by atoms with Crippen LogP contribution in [0.5, 0.6) is 5.75 Å². The smallest absolute Gasteiger partial charge is 0.226 e. The molecule has 1 aromatic heterocycles. The van der Waals surface area contributed by atoms with Crippen molar-refractivity contribution in [3.8, 4) is 17.0 Å². The van der Waals surface area contributed by atoms with Crippen LogP contribution in [0.2, 0.25) is 0 Å². The Morgan fingerprint density at radius 1 is 1.03 bits per heavy atom. The summed E-state index contributed by atoms with van der Waals surface area (Å²) in [7, 11) is 0. The first-order valence-corrected chi connectivity index (χ1v) is 11.9. The maximum atomic E-state index is 12.3. The number of benzene rings is 2. The lowest BCUT2D eigenvalue weighted by atomic mass is 9.87. The van der Waals surface area contributed by atoms with Crippen molar-refractivity contribution in [3.05, 3.63) is 65.0 Å². The second kappa shape index (κ2) is 11.1. The van der Waals surface area contributed by atoms with E-state index in [1.165, 1.54) is 23.8 Å². The van der Waals surface area contributed by atoms with E-state index in [0.29, 0.717) is 31.1 Å². The molecule has 0 saturated heterocycles. The number of nitrogens with one attached hydrogen (secondary N) is 2. The fourth-order valence-electron chi connectivity index (χ4n) is 3.14. The molecule has 0 atom stereocenters. The predicted molar refractivity (Wildman–Crippen MR) is 134 cm³/mol. The molecule has 2 aromatic carbocycles. The van der Waals surface area contributed by atoms with Crippen LogP contribution in [0, 0.1) is 0 Å². The number of thiazole rings is 1. The lowest BCUT2D eigenvalue weighted by molar-refractivity contribution is -0.119. The van der Waals surface area contributed by atoms with E-state index in [0.717, 1.165) is 22.6 Å². The van der Waals surface area contributed by atoms with Crippen molar-refractivity contribution in [1.29, 1.82) is 0 Å². The summed E-state index contributed by atoms with van der Waals surface area (Å²) in [6, 6.07) is 16.0. The van der Waals surface area contributed by atoms with Gasteiger partial charge in [-0.1, -0.05) is 57.2 Å². The summed E-state index contributed by atoms with van der Waals surface area (Å²) in [6.45, 7) is 9.02. The van der Waals surface area contributed by atoms with Gasteiger partial charge in [0, 0.05) is 30.8 Å². The zero-order chi connectivity index (χ0) is 23.8. The molecule has 2 N–H and O–H groups in total. The van der Waals surface area contributed by atoms with E-state index < -0.39 is 0 Å². The van der Waals surface area contributed by atoms with E-state index in [-0.39, 0.29) is 17.2 Å². The third-order valence-corrected chi connectivity index (χ3v) is 5.84. The largest absolute Gasteiger partial charge is 0.494 e. The third-order valence-electron chi connectivity index (χ3n) is 5.08.